The van der Waals surface area contributed by atoms with E-state index in [1.54, 1.807) is 14.2 Å². The summed E-state index contributed by atoms with van der Waals surface area (Å²) in [5.41, 5.74) is 3.78. The smallest absolute Gasteiger partial charge is 0.210 e. The molecule has 2 aromatic carbocycles. The lowest BCUT2D eigenvalue weighted by atomic mass is 9.89. The Balaban J connectivity index is 0.000000497. The number of hydrogen-bond donors (Lipinski definition) is 0. The molecule has 1 aliphatic rings. The molecule has 0 bridgehead atoms. The highest BCUT2D eigenvalue weighted by molar-refractivity contribution is 5.54. The molecule has 1 heterocycles. The minimum absolute atomic E-state index is 0.0636. The zero-order valence-corrected chi connectivity index (χ0v) is 12.5. The molecule has 0 N–H and O–H groups in total. The van der Waals surface area contributed by atoms with Gasteiger partial charge in [-0.3, -0.25) is 4.79 Å². The van der Waals surface area contributed by atoms with Gasteiger partial charge in [0, 0.05) is 20.8 Å². The number of hydrogen-bond acceptors (Lipinski definition) is 2. The molecule has 110 valence electrons. The number of rotatable bonds is 2. The molecule has 0 aromatic heterocycles. The standard InChI is InChI=1S/C16H15NO.C2H6O/c18-12-17-11-10-13-6-4-5-9-15(13)16(17)14-7-2-1-3-8-14;1-3-2/h1-9,12,16H,10-11H2;1-2H3. The maximum Gasteiger partial charge on any atom is 0.210 e. The zero-order chi connectivity index (χ0) is 15.1. The number of benzene rings is 2. The number of ether oxygens (including phenoxy) is 1. The fourth-order valence-electron chi connectivity index (χ4n) is 2.71. The van der Waals surface area contributed by atoms with Crippen LogP contribution in [0.2, 0.25) is 0 Å². The molecular weight excluding hydrogens is 262 g/mol. The number of fused-ring (bicyclic) bond motifs is 1. The summed E-state index contributed by atoms with van der Waals surface area (Å²) in [6, 6.07) is 18.7. The van der Waals surface area contributed by atoms with E-state index in [1.165, 1.54) is 16.7 Å². The number of carbonyl (C=O) groups is 1. The third-order valence-corrected chi connectivity index (χ3v) is 3.57. The van der Waals surface area contributed by atoms with Crippen molar-refractivity contribution < 1.29 is 9.53 Å². The molecule has 1 aliphatic heterocycles. The SMILES string of the molecule is COC.O=CN1CCc2ccccc2C1c1ccccc1. The molecule has 0 aliphatic carbocycles. The van der Waals surface area contributed by atoms with Crippen LogP contribution in [-0.4, -0.2) is 32.1 Å². The van der Waals surface area contributed by atoms with Gasteiger partial charge in [-0.15, -0.1) is 0 Å². The summed E-state index contributed by atoms with van der Waals surface area (Å²) in [5, 5.41) is 0. The minimum Gasteiger partial charge on any atom is -0.388 e. The maximum absolute atomic E-state index is 11.3. The van der Waals surface area contributed by atoms with Crippen LogP contribution in [0, 0.1) is 0 Å². The van der Waals surface area contributed by atoms with Crippen LogP contribution in [0.4, 0.5) is 0 Å². The molecule has 0 fully saturated rings. The third-order valence-electron chi connectivity index (χ3n) is 3.57. The van der Waals surface area contributed by atoms with E-state index in [4.69, 9.17) is 0 Å². The quantitative estimate of drug-likeness (QED) is 0.793. The van der Waals surface area contributed by atoms with Crippen molar-refractivity contribution in [1.29, 1.82) is 0 Å². The van der Waals surface area contributed by atoms with E-state index in [0.717, 1.165) is 19.4 Å². The number of nitrogens with zero attached hydrogens (tertiary/aromatic N) is 1. The molecule has 0 spiro atoms. The predicted molar refractivity (Wildman–Crippen MR) is 84.1 cm³/mol. The first-order valence-corrected chi connectivity index (χ1v) is 7.05. The molecule has 1 unspecified atom stereocenters. The Morgan fingerprint density at radius 1 is 1.05 bits per heavy atom. The summed E-state index contributed by atoms with van der Waals surface area (Å²) < 4.78 is 4.25. The number of carbonyl (C=O) groups excluding carboxylic acids is 1. The fourth-order valence-corrected chi connectivity index (χ4v) is 2.71. The molecule has 0 saturated carbocycles. The van der Waals surface area contributed by atoms with Crippen LogP contribution >= 0.6 is 0 Å². The van der Waals surface area contributed by atoms with Crippen LogP contribution in [0.1, 0.15) is 22.7 Å². The highest BCUT2D eigenvalue weighted by Gasteiger charge is 2.26. The normalized spacial score (nSPS) is 16.5. The van der Waals surface area contributed by atoms with Gasteiger partial charge < -0.3 is 9.64 Å². The van der Waals surface area contributed by atoms with Crippen LogP contribution in [0.15, 0.2) is 54.6 Å². The average molecular weight is 283 g/mol. The van der Waals surface area contributed by atoms with Crippen LogP contribution in [0.25, 0.3) is 0 Å². The van der Waals surface area contributed by atoms with E-state index in [-0.39, 0.29) is 6.04 Å². The molecular formula is C18H21NO2. The van der Waals surface area contributed by atoms with E-state index >= 15 is 0 Å². The van der Waals surface area contributed by atoms with Gasteiger partial charge in [-0.25, -0.2) is 0 Å². The zero-order valence-electron chi connectivity index (χ0n) is 12.5. The van der Waals surface area contributed by atoms with Crippen LogP contribution in [0.5, 0.6) is 0 Å². The van der Waals surface area contributed by atoms with Crippen LogP contribution in [0.3, 0.4) is 0 Å². The Morgan fingerprint density at radius 2 is 1.67 bits per heavy atom. The van der Waals surface area contributed by atoms with Gasteiger partial charge in [0.15, 0.2) is 0 Å². The van der Waals surface area contributed by atoms with Crippen molar-refractivity contribution in [2.45, 2.75) is 12.5 Å². The van der Waals surface area contributed by atoms with Crippen molar-refractivity contribution in [3.8, 4) is 0 Å². The number of amides is 1. The Morgan fingerprint density at radius 3 is 2.33 bits per heavy atom. The maximum atomic E-state index is 11.3. The fraction of sp³-hybridized carbons (Fsp3) is 0.278. The van der Waals surface area contributed by atoms with Crippen molar-refractivity contribution in [3.05, 3.63) is 71.3 Å². The second kappa shape index (κ2) is 7.60. The highest BCUT2D eigenvalue weighted by Crippen LogP contribution is 2.33. The van der Waals surface area contributed by atoms with Crippen LogP contribution < -0.4 is 0 Å². The van der Waals surface area contributed by atoms with Gasteiger partial charge in [-0.2, -0.15) is 0 Å². The van der Waals surface area contributed by atoms with Crippen LogP contribution in [-0.2, 0) is 16.0 Å². The van der Waals surface area contributed by atoms with Gasteiger partial charge >= 0.3 is 0 Å². The summed E-state index contributed by atoms with van der Waals surface area (Å²) in [7, 11) is 3.25. The van der Waals surface area contributed by atoms with Gasteiger partial charge in [-0.05, 0) is 23.1 Å². The Hall–Kier alpha value is -2.13. The lowest BCUT2D eigenvalue weighted by Crippen LogP contribution is -2.34. The second-order valence-corrected chi connectivity index (χ2v) is 5.01. The van der Waals surface area contributed by atoms with Crippen molar-refractivity contribution in [2.75, 3.05) is 20.8 Å². The molecule has 1 amide bonds. The van der Waals surface area contributed by atoms with E-state index in [1.807, 2.05) is 29.2 Å². The average Bonchev–Trinajstić information content (AvgIpc) is 2.55. The van der Waals surface area contributed by atoms with Gasteiger partial charge in [0.25, 0.3) is 0 Å². The number of methoxy groups -OCH3 is 1. The Bertz CT molecular complexity index is 568. The largest absolute Gasteiger partial charge is 0.388 e. The van der Waals surface area contributed by atoms with E-state index < -0.39 is 0 Å². The van der Waals surface area contributed by atoms with E-state index in [9.17, 15) is 4.79 Å². The lowest BCUT2D eigenvalue weighted by Gasteiger charge is -2.35. The second-order valence-electron chi connectivity index (χ2n) is 5.01. The van der Waals surface area contributed by atoms with Crippen molar-refractivity contribution in [2.24, 2.45) is 0 Å². The highest BCUT2D eigenvalue weighted by atomic mass is 16.4. The first kappa shape index (κ1) is 15.3. The van der Waals surface area contributed by atoms with Crippen molar-refractivity contribution in [1.82, 2.24) is 4.90 Å². The van der Waals surface area contributed by atoms with Gasteiger partial charge in [-0.1, -0.05) is 54.6 Å². The predicted octanol–water partition coefficient (Wildman–Crippen LogP) is 3.05. The topological polar surface area (TPSA) is 29.5 Å². The van der Waals surface area contributed by atoms with E-state index in [2.05, 4.69) is 35.1 Å². The summed E-state index contributed by atoms with van der Waals surface area (Å²) in [6.45, 7) is 0.792. The van der Waals surface area contributed by atoms with Gasteiger partial charge in [0.1, 0.15) is 0 Å². The summed E-state index contributed by atoms with van der Waals surface area (Å²) in [5.74, 6) is 0. The summed E-state index contributed by atoms with van der Waals surface area (Å²) in [4.78, 5) is 13.2. The van der Waals surface area contributed by atoms with Gasteiger partial charge in [0.2, 0.25) is 6.41 Å². The first-order valence-electron chi connectivity index (χ1n) is 7.05. The molecule has 2 aromatic rings. The Labute approximate surface area is 126 Å². The first-order chi connectivity index (χ1) is 10.3. The Kier molecular flexibility index (Phi) is 5.52. The van der Waals surface area contributed by atoms with Gasteiger partial charge in [0.05, 0.1) is 6.04 Å². The molecule has 0 saturated heterocycles. The molecule has 3 nitrogen and oxygen atoms in total. The lowest BCUT2D eigenvalue weighted by molar-refractivity contribution is -0.119. The third kappa shape index (κ3) is 3.50. The van der Waals surface area contributed by atoms with Crippen molar-refractivity contribution in [3.63, 3.8) is 0 Å². The summed E-state index contributed by atoms with van der Waals surface area (Å²) >= 11 is 0. The summed E-state index contributed by atoms with van der Waals surface area (Å²) in [6.07, 6.45) is 1.91. The molecule has 21 heavy (non-hydrogen) atoms. The molecule has 3 rings (SSSR count). The molecule has 1 atom stereocenters. The molecule has 3 heteroatoms. The minimum atomic E-state index is 0.0636. The van der Waals surface area contributed by atoms with E-state index in [0.29, 0.717) is 0 Å². The molecule has 0 radical (unpaired) electrons. The van der Waals surface area contributed by atoms with Crippen molar-refractivity contribution >= 4 is 6.41 Å². The monoisotopic (exact) mass is 283 g/mol.